The predicted octanol–water partition coefficient (Wildman–Crippen LogP) is 3.59. The Bertz CT molecular complexity index is 607. The Morgan fingerprint density at radius 1 is 0.947 bits per heavy atom. The maximum atomic E-state index is 12.0. The highest BCUT2D eigenvalue weighted by atomic mass is 32.2. The fourth-order valence-corrected chi connectivity index (χ4v) is 2.93. The summed E-state index contributed by atoms with van der Waals surface area (Å²) in [5, 5.41) is 3.39. The molecule has 0 saturated carbocycles. The maximum Gasteiger partial charge on any atom is 0.237 e. The molecule has 0 bridgehead atoms. The maximum absolute atomic E-state index is 12.0. The summed E-state index contributed by atoms with van der Waals surface area (Å²) in [6.45, 7) is 0. The second-order valence-electron chi connectivity index (χ2n) is 4.31. The van der Waals surface area contributed by atoms with E-state index in [2.05, 4.69) is 5.32 Å². The Labute approximate surface area is 116 Å². The van der Waals surface area contributed by atoms with Gasteiger partial charge in [-0.2, -0.15) is 0 Å². The van der Waals surface area contributed by atoms with Gasteiger partial charge in [0.05, 0.1) is 5.70 Å². The molecule has 0 aliphatic carbocycles. The van der Waals surface area contributed by atoms with E-state index < -0.39 is 0 Å². The lowest BCUT2D eigenvalue weighted by Crippen LogP contribution is -2.11. The highest BCUT2D eigenvalue weighted by Gasteiger charge is 2.28. The molecule has 1 heterocycles. The van der Waals surface area contributed by atoms with Crippen molar-refractivity contribution in [1.82, 2.24) is 5.32 Å². The van der Waals surface area contributed by atoms with E-state index in [1.165, 1.54) is 11.8 Å². The zero-order chi connectivity index (χ0) is 13.1. The van der Waals surface area contributed by atoms with E-state index in [1.807, 2.05) is 66.7 Å². The third-order valence-electron chi connectivity index (χ3n) is 2.94. The van der Waals surface area contributed by atoms with Crippen LogP contribution in [0.3, 0.4) is 0 Å². The van der Waals surface area contributed by atoms with E-state index >= 15 is 0 Å². The van der Waals surface area contributed by atoms with Crippen molar-refractivity contribution in [3.05, 3.63) is 77.5 Å². The van der Waals surface area contributed by atoms with Gasteiger partial charge in [-0.3, -0.25) is 4.79 Å². The second-order valence-corrected chi connectivity index (χ2v) is 5.39. The Hall–Kier alpha value is -2.00. The van der Waals surface area contributed by atoms with Crippen LogP contribution >= 0.6 is 11.8 Å². The molecule has 1 fully saturated rings. The van der Waals surface area contributed by atoms with E-state index in [0.29, 0.717) is 5.70 Å². The molecule has 2 aromatic rings. The molecule has 1 aliphatic rings. The zero-order valence-electron chi connectivity index (χ0n) is 10.2. The van der Waals surface area contributed by atoms with Crippen LogP contribution in [-0.4, -0.2) is 5.12 Å². The van der Waals surface area contributed by atoms with Crippen LogP contribution in [0.1, 0.15) is 16.5 Å². The second kappa shape index (κ2) is 5.33. The van der Waals surface area contributed by atoms with E-state index in [4.69, 9.17) is 0 Å². The third-order valence-corrected chi connectivity index (χ3v) is 4.00. The Morgan fingerprint density at radius 3 is 2.26 bits per heavy atom. The molecular weight excluding hydrogens is 254 g/mol. The average molecular weight is 267 g/mol. The van der Waals surface area contributed by atoms with Crippen LogP contribution in [0.5, 0.6) is 0 Å². The standard InChI is InChI=1S/C16H13NOS/c18-16-14(11-12-7-3-1-4-8-12)17-15(19-16)13-9-5-2-6-10-13/h1-11,15,17H/b14-11-. The van der Waals surface area contributed by atoms with Gasteiger partial charge in [0.25, 0.3) is 0 Å². The summed E-state index contributed by atoms with van der Waals surface area (Å²) >= 11 is 1.33. The first-order valence-electron chi connectivity index (χ1n) is 6.12. The summed E-state index contributed by atoms with van der Waals surface area (Å²) in [5.41, 5.74) is 2.83. The summed E-state index contributed by atoms with van der Waals surface area (Å²) < 4.78 is 0. The molecule has 1 aliphatic heterocycles. The largest absolute Gasteiger partial charge is 0.365 e. The number of benzene rings is 2. The van der Waals surface area contributed by atoms with E-state index in [1.54, 1.807) is 0 Å². The van der Waals surface area contributed by atoms with Crippen LogP contribution in [0.15, 0.2) is 66.4 Å². The number of rotatable bonds is 2. The first-order chi connectivity index (χ1) is 9.33. The minimum Gasteiger partial charge on any atom is -0.365 e. The van der Waals surface area contributed by atoms with Gasteiger partial charge in [-0.15, -0.1) is 0 Å². The Balaban J connectivity index is 1.83. The van der Waals surface area contributed by atoms with Crippen molar-refractivity contribution in [2.75, 3.05) is 0 Å². The topological polar surface area (TPSA) is 29.1 Å². The van der Waals surface area contributed by atoms with Gasteiger partial charge in [0.1, 0.15) is 5.37 Å². The predicted molar refractivity (Wildman–Crippen MR) is 79.3 cm³/mol. The molecule has 19 heavy (non-hydrogen) atoms. The van der Waals surface area contributed by atoms with Crippen molar-refractivity contribution in [1.29, 1.82) is 0 Å². The van der Waals surface area contributed by atoms with Crippen LogP contribution in [0.2, 0.25) is 0 Å². The summed E-state index contributed by atoms with van der Waals surface area (Å²) in [6, 6.07) is 19.9. The lowest BCUT2D eigenvalue weighted by atomic mass is 10.2. The molecule has 1 saturated heterocycles. The van der Waals surface area contributed by atoms with Crippen LogP contribution in [-0.2, 0) is 4.79 Å². The normalized spacial score (nSPS) is 20.5. The van der Waals surface area contributed by atoms with Crippen molar-refractivity contribution in [3.63, 3.8) is 0 Å². The number of hydrogen-bond acceptors (Lipinski definition) is 3. The Kier molecular flexibility index (Phi) is 3.38. The molecule has 0 radical (unpaired) electrons. The van der Waals surface area contributed by atoms with Crippen molar-refractivity contribution in [2.45, 2.75) is 5.37 Å². The molecule has 1 atom stereocenters. The van der Waals surface area contributed by atoms with Gasteiger partial charge >= 0.3 is 0 Å². The molecule has 2 aromatic carbocycles. The lowest BCUT2D eigenvalue weighted by molar-refractivity contribution is -0.107. The quantitative estimate of drug-likeness (QED) is 0.843. The van der Waals surface area contributed by atoms with Gasteiger partial charge < -0.3 is 5.32 Å². The van der Waals surface area contributed by atoms with Crippen LogP contribution in [0, 0.1) is 0 Å². The third kappa shape index (κ3) is 2.71. The smallest absolute Gasteiger partial charge is 0.237 e. The highest BCUT2D eigenvalue weighted by Crippen LogP contribution is 2.35. The van der Waals surface area contributed by atoms with Gasteiger partial charge in [0.2, 0.25) is 5.12 Å². The monoisotopic (exact) mass is 267 g/mol. The minimum atomic E-state index is 0.0173. The summed E-state index contributed by atoms with van der Waals surface area (Å²) in [6.07, 6.45) is 1.90. The van der Waals surface area contributed by atoms with Gasteiger partial charge in [-0.1, -0.05) is 72.4 Å². The van der Waals surface area contributed by atoms with E-state index in [9.17, 15) is 4.79 Å². The van der Waals surface area contributed by atoms with Crippen LogP contribution < -0.4 is 5.32 Å². The molecule has 1 unspecified atom stereocenters. The first-order valence-corrected chi connectivity index (χ1v) is 7.00. The summed E-state index contributed by atoms with van der Waals surface area (Å²) in [5.74, 6) is 0. The van der Waals surface area contributed by atoms with Crippen molar-refractivity contribution in [2.24, 2.45) is 0 Å². The molecule has 1 N–H and O–H groups in total. The van der Waals surface area contributed by atoms with Gasteiger partial charge in [-0.05, 0) is 17.2 Å². The SMILES string of the molecule is O=C1SC(c2ccccc2)N/C1=C\c1ccccc1. The number of hydrogen-bond donors (Lipinski definition) is 1. The molecule has 0 amide bonds. The number of carbonyl (C=O) groups excluding carboxylic acids is 1. The fourth-order valence-electron chi connectivity index (χ4n) is 2.00. The lowest BCUT2D eigenvalue weighted by Gasteiger charge is -2.08. The van der Waals surface area contributed by atoms with Gasteiger partial charge in [-0.25, -0.2) is 0 Å². The number of carbonyl (C=O) groups is 1. The van der Waals surface area contributed by atoms with Crippen molar-refractivity contribution >= 4 is 23.0 Å². The van der Waals surface area contributed by atoms with Crippen LogP contribution in [0.4, 0.5) is 0 Å². The average Bonchev–Trinajstić information content (AvgIpc) is 2.82. The van der Waals surface area contributed by atoms with Crippen molar-refractivity contribution < 1.29 is 4.79 Å². The zero-order valence-corrected chi connectivity index (χ0v) is 11.1. The van der Waals surface area contributed by atoms with E-state index in [0.717, 1.165) is 11.1 Å². The van der Waals surface area contributed by atoms with Crippen LogP contribution in [0.25, 0.3) is 6.08 Å². The minimum absolute atomic E-state index is 0.0173. The van der Waals surface area contributed by atoms with Crippen molar-refractivity contribution in [3.8, 4) is 0 Å². The number of thioether (sulfide) groups is 1. The molecular formula is C16H13NOS. The molecule has 3 rings (SSSR count). The van der Waals surface area contributed by atoms with Gasteiger partial charge in [0.15, 0.2) is 0 Å². The molecule has 94 valence electrons. The molecule has 2 nitrogen and oxygen atoms in total. The fraction of sp³-hybridized carbons (Fsp3) is 0.0625. The highest BCUT2D eigenvalue weighted by molar-refractivity contribution is 8.14. The summed E-state index contributed by atoms with van der Waals surface area (Å²) in [4.78, 5) is 12.0. The molecule has 0 aromatic heterocycles. The van der Waals surface area contributed by atoms with Gasteiger partial charge in [0, 0.05) is 0 Å². The molecule has 3 heteroatoms. The Morgan fingerprint density at radius 2 is 1.58 bits per heavy atom. The van der Waals surface area contributed by atoms with E-state index in [-0.39, 0.29) is 10.5 Å². The summed E-state index contributed by atoms with van der Waals surface area (Å²) in [7, 11) is 0. The number of nitrogens with one attached hydrogen (secondary N) is 1. The molecule has 0 spiro atoms. The first kappa shape index (κ1) is 12.1.